The zero-order valence-electron chi connectivity index (χ0n) is 8.63. The lowest BCUT2D eigenvalue weighted by Gasteiger charge is -2.14. The summed E-state index contributed by atoms with van der Waals surface area (Å²) in [6.07, 6.45) is 0. The van der Waals surface area contributed by atoms with Crippen LogP contribution in [0.15, 0.2) is 18.2 Å². The van der Waals surface area contributed by atoms with Gasteiger partial charge in [-0.3, -0.25) is 4.79 Å². The molecule has 1 aromatic rings. The third-order valence-electron chi connectivity index (χ3n) is 2.40. The zero-order valence-corrected chi connectivity index (χ0v) is 8.63. The van der Waals surface area contributed by atoms with Gasteiger partial charge in [0.25, 0.3) is 0 Å². The number of ketones is 1. The Morgan fingerprint density at radius 1 is 1.33 bits per heavy atom. The highest BCUT2D eigenvalue weighted by Gasteiger charge is 2.21. The molecule has 82 valence electrons. The average molecular weight is 213 g/mol. The van der Waals surface area contributed by atoms with Crippen molar-refractivity contribution in [1.82, 2.24) is 0 Å². The predicted molar refractivity (Wildman–Crippen MR) is 53.5 cm³/mol. The standard InChI is InChI=1S/C11H13F2NO/c1-6(7(2)14)11(15)9-4-3-8(12)5-10(9)13/h3-7H,14H2,1-2H3. The molecule has 15 heavy (non-hydrogen) atoms. The van der Waals surface area contributed by atoms with Crippen molar-refractivity contribution < 1.29 is 13.6 Å². The van der Waals surface area contributed by atoms with Crippen LogP contribution in [0.4, 0.5) is 8.78 Å². The second kappa shape index (κ2) is 4.49. The van der Waals surface area contributed by atoms with Gasteiger partial charge in [0.1, 0.15) is 11.6 Å². The summed E-state index contributed by atoms with van der Waals surface area (Å²) in [5.41, 5.74) is 5.43. The van der Waals surface area contributed by atoms with Gasteiger partial charge in [0.2, 0.25) is 0 Å². The molecule has 1 rings (SSSR count). The SMILES string of the molecule is CC(N)C(C)C(=O)c1ccc(F)cc1F. The van der Waals surface area contributed by atoms with Gasteiger partial charge >= 0.3 is 0 Å². The molecule has 0 bridgehead atoms. The number of hydrogen-bond acceptors (Lipinski definition) is 2. The minimum absolute atomic E-state index is 0.110. The van der Waals surface area contributed by atoms with Crippen LogP contribution in [0.2, 0.25) is 0 Å². The van der Waals surface area contributed by atoms with Gasteiger partial charge in [0, 0.05) is 18.0 Å². The van der Waals surface area contributed by atoms with Gasteiger partial charge in [-0.15, -0.1) is 0 Å². The number of carbonyl (C=O) groups excluding carboxylic acids is 1. The molecule has 2 N–H and O–H groups in total. The fraction of sp³-hybridized carbons (Fsp3) is 0.364. The Balaban J connectivity index is 3.01. The van der Waals surface area contributed by atoms with E-state index in [1.54, 1.807) is 13.8 Å². The molecule has 0 saturated heterocycles. The number of rotatable bonds is 3. The van der Waals surface area contributed by atoms with E-state index in [9.17, 15) is 13.6 Å². The highest BCUT2D eigenvalue weighted by molar-refractivity contribution is 5.98. The summed E-state index contributed by atoms with van der Waals surface area (Å²) >= 11 is 0. The van der Waals surface area contributed by atoms with E-state index in [0.717, 1.165) is 12.1 Å². The van der Waals surface area contributed by atoms with E-state index in [4.69, 9.17) is 5.73 Å². The topological polar surface area (TPSA) is 43.1 Å². The lowest BCUT2D eigenvalue weighted by atomic mass is 9.94. The fourth-order valence-corrected chi connectivity index (χ4v) is 1.17. The normalized spacial score (nSPS) is 14.7. The van der Waals surface area contributed by atoms with Crippen LogP contribution >= 0.6 is 0 Å². The minimum Gasteiger partial charge on any atom is -0.327 e. The molecule has 2 unspecified atom stereocenters. The van der Waals surface area contributed by atoms with Crippen LogP contribution < -0.4 is 5.73 Å². The molecule has 0 aliphatic heterocycles. The van der Waals surface area contributed by atoms with E-state index in [0.29, 0.717) is 6.07 Å². The van der Waals surface area contributed by atoms with Crippen LogP contribution in [0.1, 0.15) is 24.2 Å². The van der Waals surface area contributed by atoms with Crippen molar-refractivity contribution in [3.63, 3.8) is 0 Å². The number of halogens is 2. The maximum Gasteiger partial charge on any atom is 0.170 e. The van der Waals surface area contributed by atoms with Crippen LogP contribution in [-0.4, -0.2) is 11.8 Å². The molecule has 0 aliphatic rings. The van der Waals surface area contributed by atoms with Gasteiger partial charge in [-0.25, -0.2) is 8.78 Å². The van der Waals surface area contributed by atoms with Crippen LogP contribution in [0.3, 0.4) is 0 Å². The monoisotopic (exact) mass is 213 g/mol. The second-order valence-corrected chi connectivity index (χ2v) is 3.64. The molecule has 0 spiro atoms. The minimum atomic E-state index is -0.840. The first kappa shape index (κ1) is 11.8. The Morgan fingerprint density at radius 3 is 2.40 bits per heavy atom. The molecule has 2 atom stereocenters. The van der Waals surface area contributed by atoms with Gasteiger partial charge in [-0.05, 0) is 19.1 Å². The van der Waals surface area contributed by atoms with Gasteiger partial charge in [0.15, 0.2) is 5.78 Å². The molecule has 0 aromatic heterocycles. The molecule has 0 amide bonds. The number of benzene rings is 1. The number of Topliss-reactive ketones (excluding diaryl/α,β-unsaturated/α-hetero) is 1. The largest absolute Gasteiger partial charge is 0.327 e. The van der Waals surface area contributed by atoms with Crippen molar-refractivity contribution >= 4 is 5.78 Å². The summed E-state index contributed by atoms with van der Waals surface area (Å²) in [7, 11) is 0. The van der Waals surface area contributed by atoms with Crippen LogP contribution in [-0.2, 0) is 0 Å². The molecule has 4 heteroatoms. The molecule has 0 radical (unpaired) electrons. The Labute approximate surface area is 87.1 Å². The Bertz CT molecular complexity index is 377. The molecule has 0 heterocycles. The van der Waals surface area contributed by atoms with Crippen molar-refractivity contribution in [3.8, 4) is 0 Å². The zero-order chi connectivity index (χ0) is 11.6. The van der Waals surface area contributed by atoms with Crippen molar-refractivity contribution in [2.24, 2.45) is 11.7 Å². The molecule has 2 nitrogen and oxygen atoms in total. The van der Waals surface area contributed by atoms with Crippen molar-refractivity contribution in [2.45, 2.75) is 19.9 Å². The lowest BCUT2D eigenvalue weighted by molar-refractivity contribution is 0.0913. The molecular weight excluding hydrogens is 200 g/mol. The highest BCUT2D eigenvalue weighted by Crippen LogP contribution is 2.15. The first-order chi connectivity index (χ1) is 6.93. The maximum absolute atomic E-state index is 13.2. The second-order valence-electron chi connectivity index (χ2n) is 3.64. The molecular formula is C11H13F2NO. The first-order valence-corrected chi connectivity index (χ1v) is 4.68. The number of hydrogen-bond donors (Lipinski definition) is 1. The Hall–Kier alpha value is -1.29. The van der Waals surface area contributed by atoms with Gasteiger partial charge < -0.3 is 5.73 Å². The molecule has 0 fully saturated rings. The molecule has 0 saturated carbocycles. The van der Waals surface area contributed by atoms with Gasteiger partial charge in [-0.2, -0.15) is 0 Å². The van der Waals surface area contributed by atoms with Gasteiger partial charge in [0.05, 0.1) is 5.56 Å². The van der Waals surface area contributed by atoms with Crippen LogP contribution in [0.5, 0.6) is 0 Å². The van der Waals surface area contributed by atoms with Crippen LogP contribution in [0.25, 0.3) is 0 Å². The average Bonchev–Trinajstić information content (AvgIpc) is 2.15. The summed E-state index contributed by atoms with van der Waals surface area (Å²) in [6.45, 7) is 3.29. The highest BCUT2D eigenvalue weighted by atomic mass is 19.1. The van der Waals surface area contributed by atoms with Crippen molar-refractivity contribution in [3.05, 3.63) is 35.4 Å². The number of nitrogens with two attached hydrogens (primary N) is 1. The third kappa shape index (κ3) is 2.59. The van der Waals surface area contributed by atoms with Crippen molar-refractivity contribution in [1.29, 1.82) is 0 Å². The quantitative estimate of drug-likeness (QED) is 0.781. The molecule has 1 aromatic carbocycles. The summed E-state index contributed by atoms with van der Waals surface area (Å²) < 4.78 is 25.8. The van der Waals surface area contributed by atoms with E-state index >= 15 is 0 Å². The lowest BCUT2D eigenvalue weighted by Crippen LogP contribution is -2.31. The van der Waals surface area contributed by atoms with Crippen molar-refractivity contribution in [2.75, 3.05) is 0 Å². The Kier molecular flexibility index (Phi) is 3.52. The van der Waals surface area contributed by atoms with E-state index in [1.165, 1.54) is 0 Å². The summed E-state index contributed by atoms with van der Waals surface area (Å²) in [5.74, 6) is -2.42. The maximum atomic E-state index is 13.2. The Morgan fingerprint density at radius 2 is 1.93 bits per heavy atom. The van der Waals surface area contributed by atoms with Gasteiger partial charge in [-0.1, -0.05) is 6.92 Å². The fourth-order valence-electron chi connectivity index (χ4n) is 1.17. The summed E-state index contributed by atoms with van der Waals surface area (Å²) in [6, 6.07) is 2.54. The van der Waals surface area contributed by atoms with E-state index < -0.39 is 23.3 Å². The first-order valence-electron chi connectivity index (χ1n) is 4.68. The van der Waals surface area contributed by atoms with E-state index in [-0.39, 0.29) is 11.6 Å². The third-order valence-corrected chi connectivity index (χ3v) is 2.40. The van der Waals surface area contributed by atoms with E-state index in [1.807, 2.05) is 0 Å². The predicted octanol–water partition coefficient (Wildman–Crippen LogP) is 2.13. The molecule has 0 aliphatic carbocycles. The van der Waals surface area contributed by atoms with Crippen LogP contribution in [0, 0.1) is 17.6 Å². The smallest absolute Gasteiger partial charge is 0.170 e. The van der Waals surface area contributed by atoms with E-state index in [2.05, 4.69) is 0 Å². The summed E-state index contributed by atoms with van der Waals surface area (Å²) in [5, 5.41) is 0. The summed E-state index contributed by atoms with van der Waals surface area (Å²) in [4.78, 5) is 11.7. The number of carbonyl (C=O) groups is 1.